The molecule has 0 radical (unpaired) electrons. The lowest BCUT2D eigenvalue weighted by molar-refractivity contribution is -0.145. The number of carbonyl (C=O) groups excluding carboxylic acids is 2. The Labute approximate surface area is 197 Å². The van der Waals surface area contributed by atoms with Gasteiger partial charge in [-0.05, 0) is 50.7 Å². The highest BCUT2D eigenvalue weighted by atomic mass is 32.1. The number of ether oxygens (including phenoxy) is 2. The van der Waals surface area contributed by atoms with E-state index in [1.165, 1.54) is 0 Å². The predicted octanol–water partition coefficient (Wildman–Crippen LogP) is 6.15. The van der Waals surface area contributed by atoms with Crippen molar-refractivity contribution in [2.45, 2.75) is 98.2 Å². The van der Waals surface area contributed by atoms with Gasteiger partial charge in [-0.25, -0.2) is 4.98 Å². The summed E-state index contributed by atoms with van der Waals surface area (Å²) >= 11 is 1.64. The monoisotopic (exact) mass is 461 g/mol. The molecule has 0 aliphatic carbocycles. The van der Waals surface area contributed by atoms with E-state index < -0.39 is 5.41 Å². The summed E-state index contributed by atoms with van der Waals surface area (Å²) in [6.07, 6.45) is 7.75. The Balaban J connectivity index is 1.73. The Hall–Kier alpha value is -1.53. The molecular formula is C26H39NO4S. The normalized spacial score (nSPS) is 32.8. The number of fused-ring (bicyclic) bond motifs is 1. The van der Waals surface area contributed by atoms with Gasteiger partial charge in [0.05, 0.1) is 23.4 Å². The van der Waals surface area contributed by atoms with Crippen LogP contribution in [0.3, 0.4) is 0 Å². The van der Waals surface area contributed by atoms with Gasteiger partial charge in [0.15, 0.2) is 0 Å². The molecule has 1 aromatic heterocycles. The Morgan fingerprint density at radius 3 is 2.66 bits per heavy atom. The quantitative estimate of drug-likeness (QED) is 0.390. The molecule has 0 N–H and O–H groups in total. The largest absolute Gasteiger partial charge is 0.466 e. The highest BCUT2D eigenvalue weighted by Gasteiger charge is 2.56. The number of aromatic nitrogens is 1. The van der Waals surface area contributed by atoms with Crippen molar-refractivity contribution in [3.8, 4) is 0 Å². The van der Waals surface area contributed by atoms with Crippen LogP contribution in [0, 0.1) is 24.2 Å². The van der Waals surface area contributed by atoms with E-state index in [0.29, 0.717) is 25.4 Å². The van der Waals surface area contributed by atoms with Crippen molar-refractivity contribution in [2.24, 2.45) is 17.3 Å². The first-order valence-corrected chi connectivity index (χ1v) is 12.9. The molecule has 6 heteroatoms. The molecule has 0 amide bonds. The molecule has 0 bridgehead atoms. The fourth-order valence-electron chi connectivity index (χ4n) is 5.14. The number of esters is 1. The summed E-state index contributed by atoms with van der Waals surface area (Å²) in [7, 11) is 0. The third-order valence-corrected chi connectivity index (χ3v) is 8.00. The van der Waals surface area contributed by atoms with E-state index in [0.717, 1.165) is 42.0 Å². The third kappa shape index (κ3) is 6.07. The van der Waals surface area contributed by atoms with E-state index >= 15 is 0 Å². The van der Waals surface area contributed by atoms with Gasteiger partial charge in [-0.1, -0.05) is 40.5 Å². The summed E-state index contributed by atoms with van der Waals surface area (Å²) in [5.74, 6) is 0.521. The average Bonchev–Trinajstić information content (AvgIpc) is 3.28. The Morgan fingerprint density at radius 2 is 1.97 bits per heavy atom. The lowest BCUT2D eigenvalue weighted by Gasteiger charge is -2.28. The Bertz CT molecular complexity index is 858. The smallest absolute Gasteiger partial charge is 0.305 e. The van der Waals surface area contributed by atoms with Gasteiger partial charge in [-0.3, -0.25) is 9.59 Å². The lowest BCUT2D eigenvalue weighted by atomic mass is 9.75. The van der Waals surface area contributed by atoms with Gasteiger partial charge in [0, 0.05) is 29.6 Å². The van der Waals surface area contributed by atoms with Crippen LogP contribution in [0.1, 0.15) is 90.3 Å². The number of ketones is 1. The first-order valence-electron chi connectivity index (χ1n) is 12.0. The van der Waals surface area contributed by atoms with E-state index in [1.54, 1.807) is 11.3 Å². The van der Waals surface area contributed by atoms with Crippen LogP contribution in [0.5, 0.6) is 0 Å². The Kier molecular flexibility index (Phi) is 7.97. The van der Waals surface area contributed by atoms with Crippen LogP contribution < -0.4 is 0 Å². The zero-order valence-corrected chi connectivity index (χ0v) is 21.3. The SMILES string of the molecule is CC(=Cc1csc(C)n1)C12CCOC(=O)CCC(C)(C)C(=O)C(C)CC(C)CCCC1O2. The van der Waals surface area contributed by atoms with Crippen molar-refractivity contribution in [1.29, 1.82) is 0 Å². The first-order chi connectivity index (χ1) is 15.0. The van der Waals surface area contributed by atoms with Crippen LogP contribution in [0.25, 0.3) is 6.08 Å². The van der Waals surface area contributed by atoms with Gasteiger partial charge in [0.2, 0.25) is 0 Å². The standard InChI is InChI=1S/C26H39NO4S/c1-17-8-7-9-22-26(31-22,19(3)15-21-16-32-20(4)27-21)12-13-30-23(28)10-11-25(5,6)24(29)18(2)14-17/h15-18,22H,7-14H2,1-6H3. The topological polar surface area (TPSA) is 68.8 Å². The highest BCUT2D eigenvalue weighted by Crippen LogP contribution is 2.49. The van der Waals surface area contributed by atoms with Crippen LogP contribution >= 0.6 is 11.3 Å². The molecule has 32 heavy (non-hydrogen) atoms. The predicted molar refractivity (Wildman–Crippen MR) is 129 cm³/mol. The lowest BCUT2D eigenvalue weighted by Crippen LogP contribution is -2.31. The molecule has 4 unspecified atom stereocenters. The van der Waals surface area contributed by atoms with Gasteiger partial charge in [0.1, 0.15) is 11.4 Å². The number of aryl methyl sites for hydroxylation is 1. The maximum absolute atomic E-state index is 13.0. The summed E-state index contributed by atoms with van der Waals surface area (Å²) in [5, 5.41) is 3.11. The zero-order valence-electron chi connectivity index (χ0n) is 20.5. The van der Waals surface area contributed by atoms with E-state index in [4.69, 9.17) is 9.47 Å². The second-order valence-corrected chi connectivity index (χ2v) is 11.6. The van der Waals surface area contributed by atoms with Gasteiger partial charge in [-0.2, -0.15) is 0 Å². The zero-order chi connectivity index (χ0) is 23.5. The molecule has 2 saturated heterocycles. The minimum absolute atomic E-state index is 0.00642. The van der Waals surface area contributed by atoms with Gasteiger partial charge < -0.3 is 9.47 Å². The van der Waals surface area contributed by atoms with Crippen LogP contribution in [0.4, 0.5) is 0 Å². The molecule has 2 fully saturated rings. The van der Waals surface area contributed by atoms with Crippen molar-refractivity contribution < 1.29 is 19.1 Å². The van der Waals surface area contributed by atoms with Crippen molar-refractivity contribution >= 4 is 29.2 Å². The molecule has 0 spiro atoms. The van der Waals surface area contributed by atoms with Crippen LogP contribution in [-0.4, -0.2) is 35.0 Å². The number of carbonyl (C=O) groups is 2. The fraction of sp³-hybridized carbons (Fsp3) is 0.731. The molecule has 178 valence electrons. The maximum atomic E-state index is 13.0. The van der Waals surface area contributed by atoms with E-state index in [1.807, 2.05) is 27.7 Å². The number of epoxide rings is 1. The number of Topliss-reactive ketones (excluding diaryl/α,β-unsaturated/α-hetero) is 1. The average molecular weight is 462 g/mol. The summed E-state index contributed by atoms with van der Waals surface area (Å²) in [6.45, 7) is 12.6. The van der Waals surface area contributed by atoms with Gasteiger partial charge in [-0.15, -0.1) is 11.3 Å². The maximum Gasteiger partial charge on any atom is 0.305 e. The van der Waals surface area contributed by atoms with Crippen molar-refractivity contribution in [3.05, 3.63) is 21.7 Å². The molecule has 0 saturated carbocycles. The van der Waals surface area contributed by atoms with Gasteiger partial charge >= 0.3 is 5.97 Å². The minimum atomic E-state index is -0.508. The van der Waals surface area contributed by atoms with Crippen LogP contribution in [-0.2, 0) is 19.1 Å². The van der Waals surface area contributed by atoms with E-state index in [-0.39, 0.29) is 35.8 Å². The summed E-state index contributed by atoms with van der Waals surface area (Å²) in [5.41, 5.74) is 1.25. The van der Waals surface area contributed by atoms with Gasteiger partial charge in [0.25, 0.3) is 0 Å². The molecule has 2 aliphatic heterocycles. The number of rotatable bonds is 2. The minimum Gasteiger partial charge on any atom is -0.466 e. The molecular weight excluding hydrogens is 422 g/mol. The molecule has 0 aromatic carbocycles. The highest BCUT2D eigenvalue weighted by molar-refractivity contribution is 7.09. The Morgan fingerprint density at radius 1 is 1.22 bits per heavy atom. The van der Waals surface area contributed by atoms with Crippen LogP contribution in [0.2, 0.25) is 0 Å². The molecule has 1 aromatic rings. The molecule has 2 aliphatic rings. The first kappa shape index (κ1) is 25.1. The third-order valence-electron chi connectivity index (χ3n) is 7.21. The summed E-state index contributed by atoms with van der Waals surface area (Å²) < 4.78 is 11.8. The number of thiazole rings is 1. The van der Waals surface area contributed by atoms with Crippen molar-refractivity contribution in [2.75, 3.05) is 6.61 Å². The van der Waals surface area contributed by atoms with Crippen LogP contribution in [0.15, 0.2) is 11.0 Å². The van der Waals surface area contributed by atoms with E-state index in [9.17, 15) is 9.59 Å². The second kappa shape index (κ2) is 10.2. The summed E-state index contributed by atoms with van der Waals surface area (Å²) in [4.78, 5) is 29.9. The number of hydrogen-bond donors (Lipinski definition) is 0. The fourth-order valence-corrected chi connectivity index (χ4v) is 5.71. The number of nitrogens with zero attached hydrogens (tertiary/aromatic N) is 1. The van der Waals surface area contributed by atoms with Crippen molar-refractivity contribution in [1.82, 2.24) is 4.98 Å². The molecule has 3 heterocycles. The molecule has 4 atom stereocenters. The second-order valence-electron chi connectivity index (χ2n) is 10.5. The van der Waals surface area contributed by atoms with Crippen molar-refractivity contribution in [3.63, 3.8) is 0 Å². The van der Waals surface area contributed by atoms with E-state index in [2.05, 4.69) is 30.3 Å². The molecule has 3 rings (SSSR count). The summed E-state index contributed by atoms with van der Waals surface area (Å²) in [6, 6.07) is 0. The molecule has 5 nitrogen and oxygen atoms in total. The number of hydrogen-bond acceptors (Lipinski definition) is 6. The number of cyclic esters (lactones) is 1.